The summed E-state index contributed by atoms with van der Waals surface area (Å²) < 4.78 is 17.5. The minimum absolute atomic E-state index is 0.0411. The maximum Gasteiger partial charge on any atom is 0.501 e. The monoisotopic (exact) mass is 264 g/mol. The molecule has 0 aromatic heterocycles. The summed E-state index contributed by atoms with van der Waals surface area (Å²) in [6.45, 7) is 9.56. The molecule has 0 saturated heterocycles. The maximum absolute atomic E-state index is 6.00. The molecular weight excluding hydrogens is 236 g/mol. The van der Waals surface area contributed by atoms with Crippen LogP contribution >= 0.6 is 0 Å². The molecule has 0 aromatic carbocycles. The summed E-state index contributed by atoms with van der Waals surface area (Å²) in [5.41, 5.74) is 11.4. The molecule has 6 heteroatoms. The van der Waals surface area contributed by atoms with Gasteiger partial charge in [0, 0.05) is 25.3 Å². The summed E-state index contributed by atoms with van der Waals surface area (Å²) in [6, 6.07) is 0.711. The zero-order chi connectivity index (χ0) is 13.3. The molecule has 0 amide bonds. The number of nitrogens with two attached hydrogens (primary N) is 2. The lowest BCUT2D eigenvalue weighted by Gasteiger charge is -2.33. The Morgan fingerprint density at radius 3 is 2.00 bits per heavy atom. The lowest BCUT2D eigenvalue weighted by molar-refractivity contribution is 0.0313. The Hall–Kier alpha value is 0.0169. The van der Waals surface area contributed by atoms with Crippen LogP contribution < -0.4 is 11.5 Å². The third-order valence-corrected chi connectivity index (χ3v) is 5.68. The van der Waals surface area contributed by atoms with E-state index in [4.69, 9.17) is 24.7 Å². The van der Waals surface area contributed by atoms with Crippen molar-refractivity contribution in [3.05, 3.63) is 0 Å². The standard InChI is InChI=1S/C11H28N2O3Si/c1-5-14-17(15-6-2,9-7-8-12)16-11(4)10(3)13/h10-11H,5-9,12-13H2,1-4H3. The molecule has 0 spiro atoms. The second-order valence-electron chi connectivity index (χ2n) is 4.12. The van der Waals surface area contributed by atoms with Crippen LogP contribution in [0.25, 0.3) is 0 Å². The predicted octanol–water partition coefficient (Wildman–Crippen LogP) is 1.10. The van der Waals surface area contributed by atoms with Gasteiger partial charge in [0.25, 0.3) is 0 Å². The Balaban J connectivity index is 4.62. The van der Waals surface area contributed by atoms with E-state index in [1.54, 1.807) is 0 Å². The molecular formula is C11H28N2O3Si. The van der Waals surface area contributed by atoms with E-state index < -0.39 is 8.80 Å². The van der Waals surface area contributed by atoms with Crippen molar-refractivity contribution in [1.29, 1.82) is 0 Å². The number of hydrogen-bond acceptors (Lipinski definition) is 5. The fraction of sp³-hybridized carbons (Fsp3) is 1.00. The van der Waals surface area contributed by atoms with E-state index >= 15 is 0 Å². The Bertz CT molecular complexity index is 188. The van der Waals surface area contributed by atoms with Gasteiger partial charge in [0.05, 0.1) is 6.10 Å². The van der Waals surface area contributed by atoms with E-state index in [9.17, 15) is 0 Å². The molecule has 17 heavy (non-hydrogen) atoms. The van der Waals surface area contributed by atoms with Gasteiger partial charge in [-0.15, -0.1) is 0 Å². The molecule has 2 atom stereocenters. The molecule has 0 aliphatic rings. The molecule has 0 aromatic rings. The highest BCUT2D eigenvalue weighted by molar-refractivity contribution is 6.60. The van der Waals surface area contributed by atoms with Crippen molar-refractivity contribution < 1.29 is 13.3 Å². The fourth-order valence-electron chi connectivity index (χ4n) is 1.46. The zero-order valence-electron chi connectivity index (χ0n) is 11.6. The summed E-state index contributed by atoms with van der Waals surface area (Å²) in [7, 11) is -2.60. The second kappa shape index (κ2) is 9.01. The number of hydrogen-bond donors (Lipinski definition) is 2. The second-order valence-corrected chi connectivity index (χ2v) is 6.80. The Kier molecular flexibility index (Phi) is 9.02. The minimum Gasteiger partial charge on any atom is -0.374 e. The lowest BCUT2D eigenvalue weighted by Crippen LogP contribution is -2.51. The molecule has 5 nitrogen and oxygen atoms in total. The van der Waals surface area contributed by atoms with Gasteiger partial charge in [0.1, 0.15) is 0 Å². The Morgan fingerprint density at radius 2 is 1.65 bits per heavy atom. The molecule has 104 valence electrons. The van der Waals surface area contributed by atoms with Crippen molar-refractivity contribution in [3.8, 4) is 0 Å². The van der Waals surface area contributed by atoms with Crippen molar-refractivity contribution in [2.24, 2.45) is 11.5 Å². The van der Waals surface area contributed by atoms with Gasteiger partial charge in [-0.1, -0.05) is 0 Å². The molecule has 0 saturated carbocycles. The van der Waals surface area contributed by atoms with Crippen molar-refractivity contribution >= 4 is 8.80 Å². The maximum atomic E-state index is 6.00. The van der Waals surface area contributed by atoms with Crippen LogP contribution in [0.3, 0.4) is 0 Å². The molecule has 4 N–H and O–H groups in total. The average molecular weight is 264 g/mol. The van der Waals surface area contributed by atoms with Crippen LogP contribution in [-0.4, -0.2) is 40.7 Å². The third kappa shape index (κ3) is 6.49. The first kappa shape index (κ1) is 17.0. The third-order valence-electron chi connectivity index (χ3n) is 2.52. The van der Waals surface area contributed by atoms with Gasteiger partial charge in [-0.05, 0) is 40.7 Å². The van der Waals surface area contributed by atoms with Crippen LogP contribution in [-0.2, 0) is 13.3 Å². The fourth-order valence-corrected chi connectivity index (χ4v) is 4.39. The van der Waals surface area contributed by atoms with Crippen LogP contribution in [0.2, 0.25) is 6.04 Å². The van der Waals surface area contributed by atoms with E-state index in [1.165, 1.54) is 0 Å². The van der Waals surface area contributed by atoms with Crippen LogP contribution in [0, 0.1) is 0 Å². The van der Waals surface area contributed by atoms with Crippen molar-refractivity contribution in [2.45, 2.75) is 52.3 Å². The first-order chi connectivity index (χ1) is 8.01. The first-order valence-corrected chi connectivity index (χ1v) is 8.35. The predicted molar refractivity (Wildman–Crippen MR) is 71.7 cm³/mol. The van der Waals surface area contributed by atoms with E-state index in [2.05, 4.69) is 0 Å². The van der Waals surface area contributed by atoms with Gasteiger partial charge in [-0.2, -0.15) is 0 Å². The molecule has 0 aliphatic carbocycles. The largest absolute Gasteiger partial charge is 0.501 e. The van der Waals surface area contributed by atoms with Gasteiger partial charge in [0.15, 0.2) is 0 Å². The summed E-state index contributed by atoms with van der Waals surface area (Å²) in [4.78, 5) is 0. The highest BCUT2D eigenvalue weighted by Gasteiger charge is 2.42. The number of rotatable bonds is 10. The van der Waals surface area contributed by atoms with Crippen LogP contribution in [0.1, 0.15) is 34.1 Å². The lowest BCUT2D eigenvalue weighted by atomic mass is 10.2. The van der Waals surface area contributed by atoms with Crippen molar-refractivity contribution in [2.75, 3.05) is 19.8 Å². The quantitative estimate of drug-likeness (QED) is 0.578. The van der Waals surface area contributed by atoms with Gasteiger partial charge in [-0.3, -0.25) is 0 Å². The molecule has 0 fully saturated rings. The molecule has 2 unspecified atom stereocenters. The zero-order valence-corrected chi connectivity index (χ0v) is 12.6. The van der Waals surface area contributed by atoms with E-state index in [0.29, 0.717) is 19.8 Å². The highest BCUT2D eigenvalue weighted by Crippen LogP contribution is 2.20. The minimum atomic E-state index is -2.60. The molecule has 0 heterocycles. The van der Waals surface area contributed by atoms with Gasteiger partial charge < -0.3 is 24.7 Å². The first-order valence-electron chi connectivity index (χ1n) is 6.42. The van der Waals surface area contributed by atoms with Gasteiger partial charge in [0.2, 0.25) is 0 Å². The molecule has 0 rings (SSSR count). The molecule has 0 aliphatic heterocycles. The summed E-state index contributed by atoms with van der Waals surface area (Å²) >= 11 is 0. The van der Waals surface area contributed by atoms with E-state index in [1.807, 2.05) is 27.7 Å². The van der Waals surface area contributed by atoms with E-state index in [-0.39, 0.29) is 12.1 Å². The Morgan fingerprint density at radius 1 is 1.12 bits per heavy atom. The molecule has 0 radical (unpaired) electrons. The van der Waals surface area contributed by atoms with Crippen molar-refractivity contribution in [1.82, 2.24) is 0 Å². The van der Waals surface area contributed by atoms with Crippen LogP contribution in [0.4, 0.5) is 0 Å². The molecule has 0 bridgehead atoms. The Labute approximate surface area is 106 Å². The van der Waals surface area contributed by atoms with Crippen LogP contribution in [0.15, 0.2) is 0 Å². The van der Waals surface area contributed by atoms with Gasteiger partial charge >= 0.3 is 8.80 Å². The van der Waals surface area contributed by atoms with Gasteiger partial charge in [-0.25, -0.2) is 0 Å². The summed E-state index contributed by atoms with van der Waals surface area (Å²) in [5, 5.41) is 0. The van der Waals surface area contributed by atoms with E-state index in [0.717, 1.165) is 12.5 Å². The highest BCUT2D eigenvalue weighted by atomic mass is 28.4. The summed E-state index contributed by atoms with van der Waals surface area (Å²) in [6.07, 6.45) is 0.773. The normalized spacial score (nSPS) is 15.9. The topological polar surface area (TPSA) is 79.7 Å². The smallest absolute Gasteiger partial charge is 0.374 e. The average Bonchev–Trinajstić information content (AvgIpc) is 2.27. The van der Waals surface area contributed by atoms with Crippen molar-refractivity contribution in [3.63, 3.8) is 0 Å². The SMILES string of the molecule is CCO[Si](CCCN)(OCC)OC(C)C(C)N. The summed E-state index contributed by atoms with van der Waals surface area (Å²) in [5.74, 6) is 0. The van der Waals surface area contributed by atoms with Crippen LogP contribution in [0.5, 0.6) is 0 Å².